The summed E-state index contributed by atoms with van der Waals surface area (Å²) in [6, 6.07) is -0.842. The Hall–Kier alpha value is -0.780. The van der Waals surface area contributed by atoms with Crippen molar-refractivity contribution in [1.29, 1.82) is 0 Å². The third kappa shape index (κ3) is 3.66. The SMILES string of the molecule is CC(C)(C)OC(=O)[C@H]1C[C@@H](C(F)(F)F)CN1. The molecule has 3 nitrogen and oxygen atoms in total. The number of hydrogen-bond acceptors (Lipinski definition) is 3. The van der Waals surface area contributed by atoms with Gasteiger partial charge in [0.25, 0.3) is 0 Å². The molecule has 2 atom stereocenters. The van der Waals surface area contributed by atoms with Gasteiger partial charge < -0.3 is 10.1 Å². The quantitative estimate of drug-likeness (QED) is 0.710. The Morgan fingerprint density at radius 2 is 1.88 bits per heavy atom. The van der Waals surface area contributed by atoms with Gasteiger partial charge in [-0.25, -0.2) is 0 Å². The van der Waals surface area contributed by atoms with E-state index in [1.54, 1.807) is 20.8 Å². The number of carbonyl (C=O) groups is 1. The zero-order valence-corrected chi connectivity index (χ0v) is 9.52. The van der Waals surface area contributed by atoms with Crippen LogP contribution in [0.4, 0.5) is 13.2 Å². The smallest absolute Gasteiger partial charge is 0.393 e. The maximum absolute atomic E-state index is 12.3. The number of hydrogen-bond donors (Lipinski definition) is 1. The molecule has 94 valence electrons. The molecule has 16 heavy (non-hydrogen) atoms. The molecule has 0 unspecified atom stereocenters. The average Bonchev–Trinajstić information content (AvgIpc) is 2.46. The van der Waals surface area contributed by atoms with E-state index in [-0.39, 0.29) is 13.0 Å². The Labute approximate surface area is 92.3 Å². The Bertz CT molecular complexity index is 270. The standard InChI is InChI=1S/C10H16F3NO2/c1-9(2,3)16-8(15)7-4-6(5-14-7)10(11,12)13/h6-7,14H,4-5H2,1-3H3/t6-,7-/m1/s1. The molecule has 1 N–H and O–H groups in total. The topological polar surface area (TPSA) is 38.3 Å². The highest BCUT2D eigenvalue weighted by Gasteiger charge is 2.46. The minimum absolute atomic E-state index is 0.215. The maximum atomic E-state index is 12.3. The minimum atomic E-state index is -4.25. The molecule has 6 heteroatoms. The van der Waals surface area contributed by atoms with Crippen molar-refractivity contribution in [2.45, 2.75) is 45.0 Å². The lowest BCUT2D eigenvalue weighted by Gasteiger charge is -2.22. The van der Waals surface area contributed by atoms with E-state index in [4.69, 9.17) is 4.74 Å². The van der Waals surface area contributed by atoms with Crippen molar-refractivity contribution in [3.63, 3.8) is 0 Å². The van der Waals surface area contributed by atoms with Crippen molar-refractivity contribution >= 4 is 5.97 Å². The van der Waals surface area contributed by atoms with Gasteiger partial charge >= 0.3 is 12.1 Å². The summed E-state index contributed by atoms with van der Waals surface area (Å²) < 4.78 is 42.0. The Balaban J connectivity index is 2.51. The van der Waals surface area contributed by atoms with E-state index in [2.05, 4.69) is 5.32 Å². The monoisotopic (exact) mass is 239 g/mol. The van der Waals surface area contributed by atoms with Crippen molar-refractivity contribution in [3.8, 4) is 0 Å². The van der Waals surface area contributed by atoms with Crippen molar-refractivity contribution in [2.75, 3.05) is 6.54 Å². The predicted octanol–water partition coefficient (Wildman–Crippen LogP) is 1.87. The highest BCUT2D eigenvalue weighted by Crippen LogP contribution is 2.32. The van der Waals surface area contributed by atoms with E-state index in [0.29, 0.717) is 0 Å². The Kier molecular flexibility index (Phi) is 3.52. The molecule has 0 amide bonds. The summed E-state index contributed by atoms with van der Waals surface area (Å²) in [6.07, 6.45) is -4.48. The molecule has 0 saturated carbocycles. The molecule has 0 aliphatic carbocycles. The molecule has 1 aliphatic heterocycles. The summed E-state index contributed by atoms with van der Waals surface area (Å²) in [7, 11) is 0. The van der Waals surface area contributed by atoms with Gasteiger partial charge in [0.05, 0.1) is 5.92 Å². The second-order valence-corrected chi connectivity index (χ2v) is 4.97. The van der Waals surface area contributed by atoms with E-state index in [0.717, 1.165) is 0 Å². The number of rotatable bonds is 1. The van der Waals surface area contributed by atoms with Gasteiger partial charge in [-0.05, 0) is 27.2 Å². The number of nitrogens with one attached hydrogen (secondary N) is 1. The normalized spacial score (nSPS) is 26.9. The highest BCUT2D eigenvalue weighted by atomic mass is 19.4. The number of esters is 1. The molecule has 1 saturated heterocycles. The molecule has 0 spiro atoms. The van der Waals surface area contributed by atoms with Crippen molar-refractivity contribution < 1.29 is 22.7 Å². The zero-order chi connectivity index (χ0) is 12.6. The molecule has 1 fully saturated rings. The van der Waals surface area contributed by atoms with Crippen LogP contribution in [0.25, 0.3) is 0 Å². The summed E-state index contributed by atoms with van der Waals surface area (Å²) in [5.74, 6) is -2.07. The van der Waals surface area contributed by atoms with Crippen molar-refractivity contribution in [1.82, 2.24) is 5.32 Å². The van der Waals surface area contributed by atoms with Gasteiger partial charge in [-0.2, -0.15) is 13.2 Å². The molecule has 0 aromatic heterocycles. The fraction of sp³-hybridized carbons (Fsp3) is 0.900. The lowest BCUT2D eigenvalue weighted by Crippen LogP contribution is -2.37. The maximum Gasteiger partial charge on any atom is 0.393 e. The first-order valence-electron chi connectivity index (χ1n) is 5.12. The van der Waals surface area contributed by atoms with Crippen LogP contribution in [0.2, 0.25) is 0 Å². The van der Waals surface area contributed by atoms with Crippen LogP contribution in [0.1, 0.15) is 27.2 Å². The van der Waals surface area contributed by atoms with E-state index in [1.807, 2.05) is 0 Å². The Morgan fingerprint density at radius 1 is 1.31 bits per heavy atom. The van der Waals surface area contributed by atoms with Crippen molar-refractivity contribution in [3.05, 3.63) is 0 Å². The molecular formula is C10H16F3NO2. The lowest BCUT2D eigenvalue weighted by atomic mass is 10.1. The summed E-state index contributed by atoms with van der Waals surface area (Å²) in [5.41, 5.74) is -0.672. The largest absolute Gasteiger partial charge is 0.459 e. The zero-order valence-electron chi connectivity index (χ0n) is 9.52. The molecule has 0 radical (unpaired) electrons. The number of ether oxygens (including phenoxy) is 1. The van der Waals surface area contributed by atoms with Gasteiger partial charge in [-0.15, -0.1) is 0 Å². The van der Waals surface area contributed by atoms with Crippen LogP contribution >= 0.6 is 0 Å². The summed E-state index contributed by atoms with van der Waals surface area (Å²) in [6.45, 7) is 4.83. The third-order valence-corrected chi connectivity index (χ3v) is 2.29. The van der Waals surface area contributed by atoms with Gasteiger partial charge in [0, 0.05) is 6.54 Å². The first-order valence-corrected chi connectivity index (χ1v) is 5.12. The molecule has 1 rings (SSSR count). The molecule has 1 heterocycles. The van der Waals surface area contributed by atoms with Gasteiger partial charge in [0.2, 0.25) is 0 Å². The van der Waals surface area contributed by atoms with E-state index in [1.165, 1.54) is 0 Å². The van der Waals surface area contributed by atoms with Crippen LogP contribution < -0.4 is 5.32 Å². The van der Waals surface area contributed by atoms with Crippen LogP contribution in [0.15, 0.2) is 0 Å². The first kappa shape index (κ1) is 13.3. The van der Waals surface area contributed by atoms with Gasteiger partial charge in [0.1, 0.15) is 11.6 Å². The van der Waals surface area contributed by atoms with Gasteiger partial charge in [-0.3, -0.25) is 4.79 Å². The molecule has 1 aliphatic rings. The van der Waals surface area contributed by atoms with Crippen LogP contribution in [0.3, 0.4) is 0 Å². The lowest BCUT2D eigenvalue weighted by molar-refractivity contribution is -0.170. The van der Waals surface area contributed by atoms with Crippen LogP contribution in [-0.4, -0.2) is 30.3 Å². The average molecular weight is 239 g/mol. The fourth-order valence-corrected chi connectivity index (χ4v) is 1.54. The molecular weight excluding hydrogens is 223 g/mol. The third-order valence-electron chi connectivity index (χ3n) is 2.29. The number of alkyl halides is 3. The van der Waals surface area contributed by atoms with Crippen LogP contribution in [-0.2, 0) is 9.53 Å². The molecule has 0 aromatic rings. The number of carbonyl (C=O) groups excluding carboxylic acids is 1. The fourth-order valence-electron chi connectivity index (χ4n) is 1.54. The molecule has 0 aromatic carbocycles. The minimum Gasteiger partial charge on any atom is -0.459 e. The number of halogens is 3. The Morgan fingerprint density at radius 3 is 2.25 bits per heavy atom. The second-order valence-electron chi connectivity index (χ2n) is 4.97. The first-order chi connectivity index (χ1) is 7.09. The van der Waals surface area contributed by atoms with Gasteiger partial charge in [-0.1, -0.05) is 0 Å². The summed E-state index contributed by atoms with van der Waals surface area (Å²) in [4.78, 5) is 11.5. The second kappa shape index (κ2) is 4.24. The molecule has 0 bridgehead atoms. The summed E-state index contributed by atoms with van der Waals surface area (Å²) in [5, 5.41) is 2.54. The van der Waals surface area contributed by atoms with E-state index >= 15 is 0 Å². The van der Waals surface area contributed by atoms with Gasteiger partial charge in [0.15, 0.2) is 0 Å². The predicted molar refractivity (Wildman–Crippen MR) is 51.8 cm³/mol. The van der Waals surface area contributed by atoms with E-state index < -0.39 is 29.7 Å². The van der Waals surface area contributed by atoms with Crippen molar-refractivity contribution in [2.24, 2.45) is 5.92 Å². The highest BCUT2D eigenvalue weighted by molar-refractivity contribution is 5.76. The van der Waals surface area contributed by atoms with E-state index in [9.17, 15) is 18.0 Å². The van der Waals surface area contributed by atoms with Crippen LogP contribution in [0.5, 0.6) is 0 Å². The van der Waals surface area contributed by atoms with Crippen LogP contribution in [0, 0.1) is 5.92 Å². The summed E-state index contributed by atoms with van der Waals surface area (Å²) >= 11 is 0.